The molecule has 0 spiro atoms. The van der Waals surface area contributed by atoms with Crippen molar-refractivity contribution in [3.63, 3.8) is 0 Å². The molecule has 0 aliphatic rings. The first-order valence-electron chi connectivity index (χ1n) is 7.47. The molecule has 0 unspecified atom stereocenters. The van der Waals surface area contributed by atoms with Crippen LogP contribution in [0.3, 0.4) is 0 Å². The average Bonchev–Trinajstić information content (AvgIpc) is 2.44. The molecule has 1 aromatic carbocycles. The first-order chi connectivity index (χ1) is 9.62. The minimum atomic E-state index is 1.000. The molecule has 3 heteroatoms. The van der Waals surface area contributed by atoms with E-state index in [1.165, 1.54) is 22.2 Å². The van der Waals surface area contributed by atoms with Gasteiger partial charge in [0.2, 0.25) is 0 Å². The third-order valence-corrected chi connectivity index (χ3v) is 4.19. The first kappa shape index (κ1) is 15.3. The largest absolute Gasteiger partial charge is 0.384 e. The van der Waals surface area contributed by atoms with Crippen LogP contribution in [0.4, 0.5) is 5.69 Å². The van der Waals surface area contributed by atoms with E-state index in [-0.39, 0.29) is 0 Å². The number of pyridine rings is 1. The van der Waals surface area contributed by atoms with Crippen molar-refractivity contribution in [2.24, 2.45) is 0 Å². The van der Waals surface area contributed by atoms with E-state index in [1.807, 2.05) is 0 Å². The molecule has 0 aliphatic carbocycles. The molecular weight excluding hydrogens is 312 g/mol. The molecule has 0 aliphatic heterocycles. The molecule has 20 heavy (non-hydrogen) atoms. The molecule has 1 aromatic heterocycles. The molecule has 1 N–H and O–H groups in total. The number of hydrogen-bond acceptors (Lipinski definition) is 2. The van der Waals surface area contributed by atoms with Gasteiger partial charge in [-0.15, -0.1) is 0 Å². The van der Waals surface area contributed by atoms with Crippen molar-refractivity contribution in [3.8, 4) is 0 Å². The van der Waals surface area contributed by atoms with Crippen LogP contribution in [-0.4, -0.2) is 11.5 Å². The Morgan fingerprint density at radius 3 is 2.50 bits per heavy atom. The molecule has 108 valence electrons. The maximum Gasteiger partial charge on any atom is 0.0758 e. The van der Waals surface area contributed by atoms with Gasteiger partial charge in [0, 0.05) is 27.8 Å². The molecule has 0 saturated heterocycles. The minimum absolute atomic E-state index is 1.000. The summed E-state index contributed by atoms with van der Waals surface area (Å²) < 4.78 is 1.13. The zero-order chi connectivity index (χ0) is 14.7. The lowest BCUT2D eigenvalue weighted by Gasteiger charge is -2.17. The molecule has 2 nitrogen and oxygen atoms in total. The van der Waals surface area contributed by atoms with Crippen LogP contribution in [-0.2, 0) is 12.8 Å². The van der Waals surface area contributed by atoms with Gasteiger partial charge in [0.25, 0.3) is 0 Å². The van der Waals surface area contributed by atoms with Gasteiger partial charge in [-0.05, 0) is 49.4 Å². The number of aromatic nitrogens is 1. The van der Waals surface area contributed by atoms with Gasteiger partial charge in [-0.1, -0.05) is 36.7 Å². The number of rotatable bonds is 5. The van der Waals surface area contributed by atoms with Crippen molar-refractivity contribution < 1.29 is 0 Å². The Hall–Kier alpha value is -1.09. The Labute approximate surface area is 130 Å². The van der Waals surface area contributed by atoms with Crippen LogP contribution in [0.15, 0.2) is 16.6 Å². The van der Waals surface area contributed by atoms with Gasteiger partial charge < -0.3 is 5.32 Å². The van der Waals surface area contributed by atoms with E-state index >= 15 is 0 Å². The topological polar surface area (TPSA) is 24.9 Å². The van der Waals surface area contributed by atoms with Crippen LogP contribution in [0.2, 0.25) is 0 Å². The molecule has 1 heterocycles. The summed E-state index contributed by atoms with van der Waals surface area (Å²) in [7, 11) is 0. The summed E-state index contributed by atoms with van der Waals surface area (Å²) in [5.41, 5.74) is 6.21. The third-order valence-electron chi connectivity index (χ3n) is 3.73. The molecule has 2 aromatic rings. The normalized spacial score (nSPS) is 11.1. The second kappa shape index (κ2) is 6.57. The van der Waals surface area contributed by atoms with Crippen molar-refractivity contribution in [3.05, 3.63) is 33.4 Å². The smallest absolute Gasteiger partial charge is 0.0758 e. The standard InChI is InChI=1S/C17H23BrN2/c1-5-8-19-17-14(7-3)11(4)20-16-12(6-2)9-13(18)10-15(16)17/h9-10H,5-8H2,1-4H3,(H,19,20). The summed E-state index contributed by atoms with van der Waals surface area (Å²) in [6.07, 6.45) is 3.14. The second-order valence-electron chi connectivity index (χ2n) is 5.15. The lowest BCUT2D eigenvalue weighted by Crippen LogP contribution is -2.07. The number of halogens is 1. The van der Waals surface area contributed by atoms with Crippen molar-refractivity contribution >= 4 is 32.5 Å². The number of aryl methyl sites for hydroxylation is 2. The molecular formula is C17H23BrN2. The molecule has 0 radical (unpaired) electrons. The van der Waals surface area contributed by atoms with Gasteiger partial charge in [0.15, 0.2) is 0 Å². The summed E-state index contributed by atoms with van der Waals surface area (Å²) in [5.74, 6) is 0. The molecule has 0 atom stereocenters. The fraction of sp³-hybridized carbons (Fsp3) is 0.471. The predicted octanol–water partition coefficient (Wildman–Crippen LogP) is 5.25. The summed E-state index contributed by atoms with van der Waals surface area (Å²) in [6.45, 7) is 9.70. The van der Waals surface area contributed by atoms with E-state index in [2.05, 4.69) is 61.1 Å². The molecule has 0 fully saturated rings. The van der Waals surface area contributed by atoms with Crippen LogP contribution >= 0.6 is 15.9 Å². The van der Waals surface area contributed by atoms with Gasteiger partial charge in [-0.25, -0.2) is 0 Å². The zero-order valence-corrected chi connectivity index (χ0v) is 14.4. The van der Waals surface area contributed by atoms with Crippen LogP contribution in [0, 0.1) is 6.92 Å². The van der Waals surface area contributed by atoms with Crippen LogP contribution < -0.4 is 5.32 Å². The Kier molecular flexibility index (Phi) is 5.03. The number of fused-ring (bicyclic) bond motifs is 1. The Morgan fingerprint density at radius 2 is 1.90 bits per heavy atom. The fourth-order valence-corrected chi connectivity index (χ4v) is 3.22. The Balaban J connectivity index is 2.78. The Bertz CT molecular complexity index is 620. The molecule has 0 amide bonds. The van der Waals surface area contributed by atoms with Crippen molar-refractivity contribution in [1.82, 2.24) is 4.98 Å². The number of hydrogen-bond donors (Lipinski definition) is 1. The molecule has 0 bridgehead atoms. The lowest BCUT2D eigenvalue weighted by molar-refractivity contribution is 0.968. The van der Waals surface area contributed by atoms with E-state index in [1.54, 1.807) is 0 Å². The van der Waals surface area contributed by atoms with Crippen molar-refractivity contribution in [2.45, 2.75) is 47.0 Å². The van der Waals surface area contributed by atoms with Crippen molar-refractivity contribution in [1.29, 1.82) is 0 Å². The van der Waals surface area contributed by atoms with Gasteiger partial charge >= 0.3 is 0 Å². The van der Waals surface area contributed by atoms with E-state index in [0.29, 0.717) is 0 Å². The maximum absolute atomic E-state index is 4.87. The average molecular weight is 335 g/mol. The minimum Gasteiger partial charge on any atom is -0.384 e. The highest BCUT2D eigenvalue weighted by molar-refractivity contribution is 9.10. The monoisotopic (exact) mass is 334 g/mol. The molecule has 2 rings (SSSR count). The van der Waals surface area contributed by atoms with Crippen LogP contribution in [0.25, 0.3) is 10.9 Å². The van der Waals surface area contributed by atoms with Gasteiger partial charge in [0.1, 0.15) is 0 Å². The van der Waals surface area contributed by atoms with E-state index in [0.717, 1.165) is 41.5 Å². The maximum atomic E-state index is 4.87. The lowest BCUT2D eigenvalue weighted by atomic mass is 10.0. The number of nitrogens with zero attached hydrogens (tertiary/aromatic N) is 1. The Morgan fingerprint density at radius 1 is 1.15 bits per heavy atom. The second-order valence-corrected chi connectivity index (χ2v) is 6.06. The highest BCUT2D eigenvalue weighted by atomic mass is 79.9. The van der Waals surface area contributed by atoms with E-state index < -0.39 is 0 Å². The third kappa shape index (κ3) is 2.83. The highest BCUT2D eigenvalue weighted by Crippen LogP contribution is 2.33. The van der Waals surface area contributed by atoms with Crippen LogP contribution in [0.1, 0.15) is 44.0 Å². The summed E-state index contributed by atoms with van der Waals surface area (Å²) in [4.78, 5) is 4.87. The molecule has 0 saturated carbocycles. The quantitative estimate of drug-likeness (QED) is 0.807. The number of benzene rings is 1. The van der Waals surface area contributed by atoms with E-state index in [4.69, 9.17) is 4.98 Å². The van der Waals surface area contributed by atoms with Crippen LogP contribution in [0.5, 0.6) is 0 Å². The zero-order valence-electron chi connectivity index (χ0n) is 12.8. The number of anilines is 1. The SMILES string of the molecule is CCCNc1c(CC)c(C)nc2c(CC)cc(Br)cc12. The van der Waals surface area contributed by atoms with Gasteiger partial charge in [-0.3, -0.25) is 4.98 Å². The highest BCUT2D eigenvalue weighted by Gasteiger charge is 2.14. The predicted molar refractivity (Wildman–Crippen MR) is 91.7 cm³/mol. The summed E-state index contributed by atoms with van der Waals surface area (Å²) in [5, 5.41) is 4.86. The van der Waals surface area contributed by atoms with Gasteiger partial charge in [-0.2, -0.15) is 0 Å². The van der Waals surface area contributed by atoms with Gasteiger partial charge in [0.05, 0.1) is 5.52 Å². The summed E-state index contributed by atoms with van der Waals surface area (Å²) >= 11 is 3.64. The van der Waals surface area contributed by atoms with Crippen molar-refractivity contribution in [2.75, 3.05) is 11.9 Å². The fourth-order valence-electron chi connectivity index (χ4n) is 2.71. The number of nitrogens with one attached hydrogen (secondary N) is 1. The van der Waals surface area contributed by atoms with E-state index in [9.17, 15) is 0 Å². The summed E-state index contributed by atoms with van der Waals surface area (Å²) in [6, 6.07) is 4.38. The first-order valence-corrected chi connectivity index (χ1v) is 8.27.